The average Bonchev–Trinajstić information content (AvgIpc) is 3.43. The summed E-state index contributed by atoms with van der Waals surface area (Å²) in [4.78, 5) is 35.7. The first-order chi connectivity index (χ1) is 16.2. The third kappa shape index (κ3) is 4.58. The van der Waals surface area contributed by atoms with Crippen molar-refractivity contribution in [2.45, 2.75) is 0 Å². The molecule has 0 saturated carbocycles. The van der Waals surface area contributed by atoms with E-state index >= 15 is 0 Å². The van der Waals surface area contributed by atoms with Gasteiger partial charge in [0.15, 0.2) is 16.7 Å². The molecule has 1 aromatic heterocycles. The number of thioether (sulfide) groups is 1. The summed E-state index contributed by atoms with van der Waals surface area (Å²) in [5.41, 5.74) is 2.37. The number of hydrogen-bond acceptors (Lipinski definition) is 7. The first-order valence-electron chi connectivity index (χ1n) is 10.1. The van der Waals surface area contributed by atoms with Gasteiger partial charge in [-0.05, 0) is 48.0 Å². The van der Waals surface area contributed by atoms with Crippen LogP contribution in [0.2, 0.25) is 0 Å². The fraction of sp³-hybridized carbons (Fsp3) is 0.0833. The van der Waals surface area contributed by atoms with Crippen molar-refractivity contribution in [2.24, 2.45) is 4.99 Å². The predicted octanol–water partition coefficient (Wildman–Crippen LogP) is 3.93. The molecule has 0 saturated heterocycles. The molecule has 3 aromatic rings. The number of aromatic nitrogens is 1. The largest absolute Gasteiger partial charge is 0.454 e. The predicted molar refractivity (Wildman–Crippen MR) is 127 cm³/mol. The van der Waals surface area contributed by atoms with Gasteiger partial charge >= 0.3 is 0 Å². The lowest BCUT2D eigenvalue weighted by Gasteiger charge is -2.17. The van der Waals surface area contributed by atoms with Crippen LogP contribution in [-0.2, 0) is 9.59 Å². The van der Waals surface area contributed by atoms with E-state index in [0.717, 1.165) is 5.56 Å². The Morgan fingerprint density at radius 3 is 2.67 bits per heavy atom. The van der Waals surface area contributed by atoms with Gasteiger partial charge < -0.3 is 14.8 Å². The van der Waals surface area contributed by atoms with Gasteiger partial charge in [-0.15, -0.1) is 0 Å². The molecule has 0 aliphatic carbocycles. The molecule has 9 heteroatoms. The summed E-state index contributed by atoms with van der Waals surface area (Å²) in [5, 5.41) is 3.24. The standard InChI is InChI=1S/C24H18N4O4S/c29-22(26-17-8-10-25-11-9-17)14-33-24-27-19(23(30)28(24)18-4-2-1-3-5-18)12-16-6-7-20-21(13-16)32-15-31-20/h1-13H,14-15H2,(H,25,26,29)/b19-12+. The smallest absolute Gasteiger partial charge is 0.283 e. The van der Waals surface area contributed by atoms with Gasteiger partial charge in [-0.2, -0.15) is 0 Å². The SMILES string of the molecule is O=C(CSC1=N/C(=C/c2ccc3c(c2)OCO3)C(=O)N1c1ccccc1)Nc1ccncc1. The van der Waals surface area contributed by atoms with Crippen molar-refractivity contribution in [1.82, 2.24) is 4.98 Å². The Morgan fingerprint density at radius 1 is 1.06 bits per heavy atom. The van der Waals surface area contributed by atoms with E-state index in [-0.39, 0.29) is 30.1 Å². The number of benzene rings is 2. The van der Waals surface area contributed by atoms with Crippen molar-refractivity contribution in [2.75, 3.05) is 22.8 Å². The second kappa shape index (κ2) is 9.17. The summed E-state index contributed by atoms with van der Waals surface area (Å²) < 4.78 is 10.8. The molecule has 2 aliphatic rings. The van der Waals surface area contributed by atoms with Crippen LogP contribution in [0.25, 0.3) is 6.08 Å². The highest BCUT2D eigenvalue weighted by molar-refractivity contribution is 8.14. The molecule has 2 aliphatic heterocycles. The van der Waals surface area contributed by atoms with Gasteiger partial charge in [0.2, 0.25) is 12.7 Å². The summed E-state index contributed by atoms with van der Waals surface area (Å²) in [5.74, 6) is 0.912. The van der Waals surface area contributed by atoms with E-state index in [1.165, 1.54) is 16.7 Å². The van der Waals surface area contributed by atoms with Gasteiger partial charge in [0.05, 0.1) is 11.4 Å². The Balaban J connectivity index is 1.38. The molecule has 164 valence electrons. The third-order valence-electron chi connectivity index (χ3n) is 4.84. The molecule has 0 atom stereocenters. The number of pyridine rings is 1. The maximum Gasteiger partial charge on any atom is 0.283 e. The number of ether oxygens (including phenoxy) is 2. The van der Waals surface area contributed by atoms with Crippen LogP contribution in [0.15, 0.2) is 83.7 Å². The maximum atomic E-state index is 13.3. The van der Waals surface area contributed by atoms with E-state index in [2.05, 4.69) is 15.3 Å². The van der Waals surface area contributed by atoms with Crippen LogP contribution in [0.5, 0.6) is 11.5 Å². The van der Waals surface area contributed by atoms with Crippen LogP contribution >= 0.6 is 11.8 Å². The van der Waals surface area contributed by atoms with E-state index in [1.807, 2.05) is 36.4 Å². The van der Waals surface area contributed by atoms with E-state index < -0.39 is 0 Å². The summed E-state index contributed by atoms with van der Waals surface area (Å²) >= 11 is 1.19. The highest BCUT2D eigenvalue weighted by atomic mass is 32.2. The van der Waals surface area contributed by atoms with Crippen molar-refractivity contribution >= 4 is 46.2 Å². The third-order valence-corrected chi connectivity index (χ3v) is 5.78. The number of nitrogens with zero attached hydrogens (tertiary/aromatic N) is 3. The number of para-hydroxylation sites is 1. The van der Waals surface area contributed by atoms with E-state index in [0.29, 0.717) is 28.0 Å². The number of fused-ring (bicyclic) bond motifs is 1. The van der Waals surface area contributed by atoms with Crippen LogP contribution in [0, 0.1) is 0 Å². The van der Waals surface area contributed by atoms with E-state index in [4.69, 9.17) is 9.47 Å². The number of amides is 2. The summed E-state index contributed by atoms with van der Waals surface area (Å²) in [7, 11) is 0. The molecule has 0 fully saturated rings. The topological polar surface area (TPSA) is 93.1 Å². The average molecular weight is 458 g/mol. The first-order valence-corrected chi connectivity index (χ1v) is 11.1. The second-order valence-electron chi connectivity index (χ2n) is 7.09. The van der Waals surface area contributed by atoms with Crippen LogP contribution < -0.4 is 19.7 Å². The number of amidine groups is 1. The summed E-state index contributed by atoms with van der Waals surface area (Å²) in [6, 6.07) is 18.1. The van der Waals surface area contributed by atoms with Gasteiger partial charge in [0.1, 0.15) is 5.70 Å². The Kier molecular flexibility index (Phi) is 5.77. The van der Waals surface area contributed by atoms with Gasteiger partial charge in [-0.1, -0.05) is 36.0 Å². The lowest BCUT2D eigenvalue weighted by molar-refractivity contribution is -0.114. The van der Waals surface area contributed by atoms with Crippen LogP contribution in [0.1, 0.15) is 5.56 Å². The summed E-state index contributed by atoms with van der Waals surface area (Å²) in [6.45, 7) is 0.177. The number of aliphatic imine (C=N–C) groups is 1. The molecular weight excluding hydrogens is 440 g/mol. The number of hydrogen-bond donors (Lipinski definition) is 1. The zero-order valence-corrected chi connectivity index (χ0v) is 18.1. The van der Waals surface area contributed by atoms with Crippen LogP contribution in [-0.4, -0.2) is 34.5 Å². The lowest BCUT2D eigenvalue weighted by atomic mass is 10.1. The fourth-order valence-corrected chi connectivity index (χ4v) is 4.13. The van der Waals surface area contributed by atoms with Crippen molar-refractivity contribution in [1.29, 1.82) is 0 Å². The van der Waals surface area contributed by atoms with Crippen molar-refractivity contribution in [3.8, 4) is 11.5 Å². The highest BCUT2D eigenvalue weighted by Gasteiger charge is 2.32. The van der Waals surface area contributed by atoms with E-state index in [1.54, 1.807) is 42.7 Å². The second-order valence-corrected chi connectivity index (χ2v) is 8.03. The van der Waals surface area contributed by atoms with Gasteiger partial charge in [-0.25, -0.2) is 4.99 Å². The van der Waals surface area contributed by atoms with Crippen LogP contribution in [0.3, 0.4) is 0 Å². The first kappa shape index (κ1) is 20.8. The number of nitrogens with one attached hydrogen (secondary N) is 1. The monoisotopic (exact) mass is 458 g/mol. The fourth-order valence-electron chi connectivity index (χ4n) is 3.32. The van der Waals surface area contributed by atoms with Crippen molar-refractivity contribution < 1.29 is 19.1 Å². The molecular formula is C24H18N4O4S. The normalized spacial score (nSPS) is 15.6. The van der Waals surface area contributed by atoms with Gasteiger partial charge in [0, 0.05) is 18.1 Å². The number of carbonyl (C=O) groups excluding carboxylic acids is 2. The zero-order valence-electron chi connectivity index (χ0n) is 17.3. The van der Waals surface area contributed by atoms with Gasteiger partial charge in [0.25, 0.3) is 5.91 Å². The molecule has 5 rings (SSSR count). The maximum absolute atomic E-state index is 13.3. The molecule has 33 heavy (non-hydrogen) atoms. The molecule has 0 radical (unpaired) electrons. The quantitative estimate of drug-likeness (QED) is 0.583. The Bertz CT molecular complexity index is 1260. The molecule has 0 bridgehead atoms. The molecule has 0 spiro atoms. The van der Waals surface area contributed by atoms with Crippen LogP contribution in [0.4, 0.5) is 11.4 Å². The number of carbonyl (C=O) groups is 2. The highest BCUT2D eigenvalue weighted by Crippen LogP contribution is 2.34. The molecule has 2 aromatic carbocycles. The van der Waals surface area contributed by atoms with Gasteiger partial charge in [-0.3, -0.25) is 19.5 Å². The summed E-state index contributed by atoms with van der Waals surface area (Å²) in [6.07, 6.45) is 4.91. The lowest BCUT2D eigenvalue weighted by Crippen LogP contribution is -2.31. The minimum absolute atomic E-state index is 0.0923. The molecule has 2 amide bonds. The molecule has 0 unspecified atom stereocenters. The number of rotatable bonds is 5. The van der Waals surface area contributed by atoms with Crippen molar-refractivity contribution in [3.63, 3.8) is 0 Å². The number of anilines is 2. The Morgan fingerprint density at radius 2 is 1.85 bits per heavy atom. The molecule has 1 N–H and O–H groups in total. The molecule has 3 heterocycles. The van der Waals surface area contributed by atoms with Crippen molar-refractivity contribution in [3.05, 3.63) is 84.3 Å². The Hall–Kier alpha value is -4.11. The molecule has 8 nitrogen and oxygen atoms in total. The minimum atomic E-state index is -0.268. The Labute approximate surface area is 193 Å². The van der Waals surface area contributed by atoms with E-state index in [9.17, 15) is 9.59 Å². The zero-order chi connectivity index (χ0) is 22.6. The minimum Gasteiger partial charge on any atom is -0.454 e.